The van der Waals surface area contributed by atoms with Gasteiger partial charge in [0.15, 0.2) is 17.8 Å². The molecule has 2 atom stereocenters. The number of rotatable bonds is 3. The summed E-state index contributed by atoms with van der Waals surface area (Å²) in [5, 5.41) is 0. The Balaban J connectivity index is 3.31. The first-order chi connectivity index (χ1) is 9.09. The summed E-state index contributed by atoms with van der Waals surface area (Å²) in [4.78, 5) is 0. The summed E-state index contributed by atoms with van der Waals surface area (Å²) in [6.07, 6.45) is -15.0. The Morgan fingerprint density at radius 1 is 0.714 bits per heavy atom. The van der Waals surface area contributed by atoms with Crippen molar-refractivity contribution >= 4 is 0 Å². The number of hydrogen-bond donors (Lipinski definition) is 0. The zero-order chi connectivity index (χ0) is 17.0. The summed E-state index contributed by atoms with van der Waals surface area (Å²) in [5.41, 5.74) is 0. The Morgan fingerprint density at radius 3 is 1.43 bits per heavy atom. The minimum atomic E-state index is -7.31. The molecule has 0 saturated carbocycles. The van der Waals surface area contributed by atoms with Crippen LogP contribution < -0.4 is 0 Å². The normalized spacial score (nSPS) is 25.7. The van der Waals surface area contributed by atoms with Gasteiger partial charge in [-0.25, -0.2) is 13.2 Å². The van der Waals surface area contributed by atoms with E-state index in [1.165, 1.54) is 0 Å². The Morgan fingerprint density at radius 2 is 1.14 bits per heavy atom. The summed E-state index contributed by atoms with van der Waals surface area (Å²) in [6, 6.07) is 0. The van der Waals surface area contributed by atoms with Gasteiger partial charge in [-0.3, -0.25) is 0 Å². The summed E-state index contributed by atoms with van der Waals surface area (Å²) in [7, 11) is 0. The molecular weight excluding hydrogens is 340 g/mol. The molecule has 0 N–H and O–H groups in total. The number of halogens is 12. The van der Waals surface area contributed by atoms with Crippen LogP contribution in [0.2, 0.25) is 0 Å². The fraction of sp³-hybridized carbons (Fsp3) is 0.750. The van der Waals surface area contributed by atoms with E-state index in [4.69, 9.17) is 0 Å². The molecule has 124 valence electrons. The zero-order valence-electron chi connectivity index (χ0n) is 9.10. The zero-order valence-corrected chi connectivity index (χ0v) is 9.10. The van der Waals surface area contributed by atoms with Gasteiger partial charge >= 0.3 is 23.9 Å². The van der Waals surface area contributed by atoms with Gasteiger partial charge in [0.1, 0.15) is 0 Å². The monoisotopic (exact) mass is 342 g/mol. The fourth-order valence-electron chi connectivity index (χ4n) is 1.27. The second kappa shape index (κ2) is 4.68. The first-order valence-corrected chi connectivity index (χ1v) is 4.63. The van der Waals surface area contributed by atoms with E-state index in [2.05, 4.69) is 4.74 Å². The molecule has 0 aromatic carbocycles. The second-order valence-electron chi connectivity index (χ2n) is 3.80. The smallest absolute Gasteiger partial charge is 0.325 e. The average molecular weight is 342 g/mol. The minimum Gasteiger partial charge on any atom is -0.325 e. The van der Waals surface area contributed by atoms with Crippen molar-refractivity contribution in [2.45, 2.75) is 36.4 Å². The van der Waals surface area contributed by atoms with Crippen LogP contribution >= 0.6 is 0 Å². The lowest BCUT2D eigenvalue weighted by Gasteiger charge is -2.35. The predicted octanol–water partition coefficient (Wildman–Crippen LogP) is 4.30. The predicted molar refractivity (Wildman–Crippen MR) is 39.9 cm³/mol. The topological polar surface area (TPSA) is 9.23 Å². The van der Waals surface area contributed by atoms with Crippen molar-refractivity contribution in [3.05, 3.63) is 11.7 Å². The maximum absolute atomic E-state index is 13.1. The Kier molecular flexibility index (Phi) is 3.99. The van der Waals surface area contributed by atoms with E-state index in [0.29, 0.717) is 0 Å². The molecule has 13 heteroatoms. The molecule has 0 radical (unpaired) electrons. The van der Waals surface area contributed by atoms with Crippen LogP contribution in [-0.4, -0.2) is 36.4 Å². The first kappa shape index (κ1) is 17.9. The van der Waals surface area contributed by atoms with Gasteiger partial charge in [0.2, 0.25) is 0 Å². The van der Waals surface area contributed by atoms with Crippen LogP contribution in [0.5, 0.6) is 0 Å². The van der Waals surface area contributed by atoms with Crippen molar-refractivity contribution in [3.8, 4) is 0 Å². The third kappa shape index (κ3) is 2.34. The van der Waals surface area contributed by atoms with Crippen LogP contribution in [0, 0.1) is 0 Å². The molecule has 0 saturated heterocycles. The maximum Gasteiger partial charge on any atom is 0.460 e. The van der Waals surface area contributed by atoms with E-state index >= 15 is 0 Å². The fourth-order valence-corrected chi connectivity index (χ4v) is 1.27. The van der Waals surface area contributed by atoms with Gasteiger partial charge in [0, 0.05) is 0 Å². The van der Waals surface area contributed by atoms with Gasteiger partial charge in [-0.2, -0.15) is 39.5 Å². The molecule has 0 aliphatic carbocycles. The molecule has 0 fully saturated rings. The maximum atomic E-state index is 13.1. The lowest BCUT2D eigenvalue weighted by Crippen LogP contribution is -2.64. The van der Waals surface area contributed by atoms with E-state index in [0.717, 1.165) is 0 Å². The molecule has 1 nitrogen and oxygen atoms in total. The summed E-state index contributed by atoms with van der Waals surface area (Å²) >= 11 is 0. The van der Waals surface area contributed by atoms with E-state index in [1.807, 2.05) is 0 Å². The first-order valence-electron chi connectivity index (χ1n) is 4.63. The second-order valence-corrected chi connectivity index (χ2v) is 3.80. The number of ether oxygens (including phenoxy) is 1. The highest BCUT2D eigenvalue weighted by Gasteiger charge is 2.84. The van der Waals surface area contributed by atoms with Gasteiger partial charge in [-0.05, 0) is 0 Å². The molecule has 0 amide bonds. The van der Waals surface area contributed by atoms with E-state index in [9.17, 15) is 52.7 Å². The average Bonchev–Trinajstić information content (AvgIpc) is 2.55. The molecular formula is C8H2F12O. The molecule has 1 aliphatic heterocycles. The Hall–Kier alpha value is -1.14. The van der Waals surface area contributed by atoms with Crippen LogP contribution in [-0.2, 0) is 4.74 Å². The van der Waals surface area contributed by atoms with Crippen LogP contribution in [0.3, 0.4) is 0 Å². The molecule has 2 unspecified atom stereocenters. The molecule has 0 aromatic rings. The van der Waals surface area contributed by atoms with Gasteiger partial charge in [-0.1, -0.05) is 0 Å². The molecule has 1 rings (SSSR count). The van der Waals surface area contributed by atoms with Gasteiger partial charge < -0.3 is 4.74 Å². The van der Waals surface area contributed by atoms with Crippen molar-refractivity contribution in [3.63, 3.8) is 0 Å². The highest BCUT2D eigenvalue weighted by molar-refractivity contribution is 5.20. The van der Waals surface area contributed by atoms with Crippen molar-refractivity contribution in [1.82, 2.24) is 0 Å². The standard InChI is InChI=1S/C8H2F12O/c9-1-2(10)4(11)21-3(1)5(12,13)6(14,15)7(16,17)8(18,19)20/h3-4H. The van der Waals surface area contributed by atoms with Crippen LogP contribution in [0.15, 0.2) is 11.7 Å². The van der Waals surface area contributed by atoms with E-state index in [-0.39, 0.29) is 0 Å². The van der Waals surface area contributed by atoms with Gasteiger partial charge in [-0.15, -0.1) is 0 Å². The summed E-state index contributed by atoms with van der Waals surface area (Å²) in [5.74, 6) is -26.9. The highest BCUT2D eigenvalue weighted by atomic mass is 19.4. The SMILES string of the molecule is FC1=C(F)C(C(F)(F)C(F)(F)C(F)(F)C(F)(F)F)OC1F. The van der Waals surface area contributed by atoms with Gasteiger partial charge in [0.25, 0.3) is 6.36 Å². The lowest BCUT2D eigenvalue weighted by molar-refractivity contribution is -0.406. The molecule has 0 bridgehead atoms. The summed E-state index contributed by atoms with van der Waals surface area (Å²) in [6.45, 7) is 0. The van der Waals surface area contributed by atoms with Crippen molar-refractivity contribution < 1.29 is 57.4 Å². The molecule has 21 heavy (non-hydrogen) atoms. The van der Waals surface area contributed by atoms with E-state index < -0.39 is 48.1 Å². The molecule has 1 heterocycles. The summed E-state index contributed by atoms with van der Waals surface area (Å²) < 4.78 is 152. The van der Waals surface area contributed by atoms with Crippen LogP contribution in [0.25, 0.3) is 0 Å². The van der Waals surface area contributed by atoms with Crippen LogP contribution in [0.1, 0.15) is 0 Å². The van der Waals surface area contributed by atoms with Gasteiger partial charge in [0.05, 0.1) is 0 Å². The highest BCUT2D eigenvalue weighted by Crippen LogP contribution is 2.56. The number of alkyl halides is 10. The van der Waals surface area contributed by atoms with Crippen molar-refractivity contribution in [1.29, 1.82) is 0 Å². The third-order valence-electron chi connectivity index (χ3n) is 2.41. The minimum absolute atomic E-state index is 2.76. The van der Waals surface area contributed by atoms with E-state index in [1.54, 1.807) is 0 Å². The van der Waals surface area contributed by atoms with Crippen LogP contribution in [0.4, 0.5) is 52.7 Å². The largest absolute Gasteiger partial charge is 0.460 e. The quantitative estimate of drug-likeness (QED) is 0.695. The molecule has 0 aromatic heterocycles. The van der Waals surface area contributed by atoms with Crippen molar-refractivity contribution in [2.24, 2.45) is 0 Å². The molecule has 0 spiro atoms. The number of hydrogen-bond acceptors (Lipinski definition) is 1. The third-order valence-corrected chi connectivity index (χ3v) is 2.41. The Bertz CT molecular complexity index is 449. The molecule has 1 aliphatic rings. The van der Waals surface area contributed by atoms with Crippen molar-refractivity contribution in [2.75, 3.05) is 0 Å². The Labute approximate surface area is 107 Å². The lowest BCUT2D eigenvalue weighted by atomic mass is 9.98.